The number of rotatable bonds is 6. The molecule has 0 saturated heterocycles. The maximum Gasteiger partial charge on any atom is 0.272 e. The van der Waals surface area contributed by atoms with E-state index in [2.05, 4.69) is 5.32 Å². The van der Waals surface area contributed by atoms with Crippen molar-refractivity contribution in [3.05, 3.63) is 39.4 Å². The molecule has 0 saturated carbocycles. The predicted molar refractivity (Wildman–Crippen MR) is 77.4 cm³/mol. The fourth-order valence-corrected chi connectivity index (χ4v) is 1.78. The molecule has 0 heterocycles. The van der Waals surface area contributed by atoms with Gasteiger partial charge in [-0.25, -0.2) is 0 Å². The summed E-state index contributed by atoms with van der Waals surface area (Å²) < 4.78 is 0. The summed E-state index contributed by atoms with van der Waals surface area (Å²) in [7, 11) is 1.76. The fourth-order valence-electron chi connectivity index (χ4n) is 1.78. The molecule has 1 amide bonds. The fraction of sp³-hybridized carbons (Fsp3) is 0.500. The van der Waals surface area contributed by atoms with Crippen LogP contribution >= 0.6 is 0 Å². The molecular formula is C14H21N3O3. The highest BCUT2D eigenvalue weighted by atomic mass is 16.6. The van der Waals surface area contributed by atoms with E-state index in [-0.39, 0.29) is 24.2 Å². The average molecular weight is 279 g/mol. The predicted octanol–water partition coefficient (Wildman–Crippen LogP) is 1.86. The van der Waals surface area contributed by atoms with Crippen LogP contribution in [0, 0.1) is 17.0 Å². The van der Waals surface area contributed by atoms with E-state index in [9.17, 15) is 14.9 Å². The van der Waals surface area contributed by atoms with Gasteiger partial charge in [0.25, 0.3) is 5.69 Å². The summed E-state index contributed by atoms with van der Waals surface area (Å²) in [5.74, 6) is 0.00286. The SMILES string of the molecule is Cc1c(CNCC(=O)N(C)C(C)C)cccc1[N+](=O)[O-]. The molecular weight excluding hydrogens is 258 g/mol. The molecule has 0 bridgehead atoms. The molecule has 1 rings (SSSR count). The Bertz CT molecular complexity index is 500. The first kappa shape index (κ1) is 16.1. The molecule has 0 spiro atoms. The molecule has 0 radical (unpaired) electrons. The average Bonchev–Trinajstić information content (AvgIpc) is 2.39. The molecule has 20 heavy (non-hydrogen) atoms. The Balaban J connectivity index is 2.61. The zero-order valence-corrected chi connectivity index (χ0v) is 12.3. The lowest BCUT2D eigenvalue weighted by Gasteiger charge is -2.21. The highest BCUT2D eigenvalue weighted by Crippen LogP contribution is 2.20. The van der Waals surface area contributed by atoms with Gasteiger partial charge in [-0.05, 0) is 26.3 Å². The van der Waals surface area contributed by atoms with Crippen molar-refractivity contribution in [2.24, 2.45) is 0 Å². The molecule has 6 heteroatoms. The second-order valence-corrected chi connectivity index (χ2v) is 5.02. The molecule has 1 aromatic rings. The van der Waals surface area contributed by atoms with E-state index in [1.165, 1.54) is 6.07 Å². The van der Waals surface area contributed by atoms with Gasteiger partial charge >= 0.3 is 0 Å². The van der Waals surface area contributed by atoms with Crippen LogP contribution in [0.5, 0.6) is 0 Å². The number of hydrogen-bond donors (Lipinski definition) is 1. The summed E-state index contributed by atoms with van der Waals surface area (Å²) in [5, 5.41) is 13.9. The Labute approximate surface area is 118 Å². The maximum absolute atomic E-state index is 11.8. The number of nitrogens with one attached hydrogen (secondary N) is 1. The molecule has 0 unspecified atom stereocenters. The van der Waals surface area contributed by atoms with E-state index in [0.29, 0.717) is 12.1 Å². The molecule has 110 valence electrons. The van der Waals surface area contributed by atoms with Crippen LogP contribution in [0.1, 0.15) is 25.0 Å². The lowest BCUT2D eigenvalue weighted by Crippen LogP contribution is -2.39. The van der Waals surface area contributed by atoms with Crippen LogP contribution in [0.15, 0.2) is 18.2 Å². The zero-order valence-electron chi connectivity index (χ0n) is 12.3. The number of nitrogens with zero attached hydrogens (tertiary/aromatic N) is 2. The highest BCUT2D eigenvalue weighted by molar-refractivity contribution is 5.78. The van der Waals surface area contributed by atoms with Gasteiger partial charge in [0.15, 0.2) is 0 Å². The Morgan fingerprint density at radius 2 is 2.10 bits per heavy atom. The second kappa shape index (κ2) is 7.00. The maximum atomic E-state index is 11.8. The Morgan fingerprint density at radius 1 is 1.45 bits per heavy atom. The third kappa shape index (κ3) is 4.03. The topological polar surface area (TPSA) is 75.5 Å². The Hall–Kier alpha value is -1.95. The van der Waals surface area contributed by atoms with Gasteiger partial charge in [-0.1, -0.05) is 12.1 Å². The van der Waals surface area contributed by atoms with E-state index in [1.54, 1.807) is 24.9 Å². The van der Waals surface area contributed by atoms with Gasteiger partial charge < -0.3 is 10.2 Å². The minimum absolute atomic E-state index is 0.00286. The molecule has 0 aliphatic rings. The van der Waals surface area contributed by atoms with Crippen molar-refractivity contribution in [1.82, 2.24) is 10.2 Å². The van der Waals surface area contributed by atoms with Crippen LogP contribution in [0.4, 0.5) is 5.69 Å². The highest BCUT2D eigenvalue weighted by Gasteiger charge is 2.14. The van der Waals surface area contributed by atoms with E-state index >= 15 is 0 Å². The third-order valence-corrected chi connectivity index (χ3v) is 3.37. The monoisotopic (exact) mass is 279 g/mol. The first-order valence-electron chi connectivity index (χ1n) is 6.53. The molecule has 0 atom stereocenters. The van der Waals surface area contributed by atoms with Crippen molar-refractivity contribution in [2.75, 3.05) is 13.6 Å². The number of amides is 1. The number of likely N-dealkylation sites (N-methyl/N-ethyl adjacent to an activating group) is 1. The minimum Gasteiger partial charge on any atom is -0.342 e. The first-order chi connectivity index (χ1) is 9.34. The van der Waals surface area contributed by atoms with Crippen LogP contribution < -0.4 is 5.32 Å². The van der Waals surface area contributed by atoms with Gasteiger partial charge in [0.05, 0.1) is 11.5 Å². The quantitative estimate of drug-likeness (QED) is 0.637. The number of carbonyl (C=O) groups excluding carboxylic acids is 1. The van der Waals surface area contributed by atoms with E-state index in [1.807, 2.05) is 19.9 Å². The van der Waals surface area contributed by atoms with Gasteiger partial charge in [-0.3, -0.25) is 14.9 Å². The molecule has 1 aromatic carbocycles. The van der Waals surface area contributed by atoms with Gasteiger partial charge in [-0.15, -0.1) is 0 Å². The molecule has 0 aliphatic heterocycles. The minimum atomic E-state index is -0.392. The van der Waals surface area contributed by atoms with E-state index in [4.69, 9.17) is 0 Å². The molecule has 6 nitrogen and oxygen atoms in total. The largest absolute Gasteiger partial charge is 0.342 e. The van der Waals surface area contributed by atoms with Crippen molar-refractivity contribution in [2.45, 2.75) is 33.4 Å². The number of nitro groups is 1. The number of nitro benzene ring substituents is 1. The summed E-state index contributed by atoms with van der Waals surface area (Å²) in [5.41, 5.74) is 1.57. The Morgan fingerprint density at radius 3 is 2.65 bits per heavy atom. The van der Waals surface area contributed by atoms with Gasteiger partial charge in [-0.2, -0.15) is 0 Å². The zero-order chi connectivity index (χ0) is 15.3. The first-order valence-corrected chi connectivity index (χ1v) is 6.53. The summed E-state index contributed by atoms with van der Waals surface area (Å²) in [6, 6.07) is 5.12. The summed E-state index contributed by atoms with van der Waals surface area (Å²) in [6.45, 7) is 6.27. The van der Waals surface area contributed by atoms with Crippen molar-refractivity contribution >= 4 is 11.6 Å². The summed E-state index contributed by atoms with van der Waals surface area (Å²) in [6.07, 6.45) is 0. The normalized spacial score (nSPS) is 10.7. The lowest BCUT2D eigenvalue weighted by molar-refractivity contribution is -0.385. The molecule has 0 aliphatic carbocycles. The van der Waals surface area contributed by atoms with Crippen LogP contribution in [-0.4, -0.2) is 35.4 Å². The molecule has 1 N–H and O–H groups in total. The molecule has 0 aromatic heterocycles. The number of hydrogen-bond acceptors (Lipinski definition) is 4. The van der Waals surface area contributed by atoms with Crippen LogP contribution in [0.2, 0.25) is 0 Å². The van der Waals surface area contributed by atoms with E-state index in [0.717, 1.165) is 5.56 Å². The second-order valence-electron chi connectivity index (χ2n) is 5.02. The van der Waals surface area contributed by atoms with Crippen LogP contribution in [0.3, 0.4) is 0 Å². The smallest absolute Gasteiger partial charge is 0.272 e. The third-order valence-electron chi connectivity index (χ3n) is 3.37. The number of carbonyl (C=O) groups is 1. The van der Waals surface area contributed by atoms with Gasteiger partial charge in [0.2, 0.25) is 5.91 Å². The van der Waals surface area contributed by atoms with E-state index < -0.39 is 4.92 Å². The summed E-state index contributed by atoms with van der Waals surface area (Å²) in [4.78, 5) is 23.9. The Kier molecular flexibility index (Phi) is 5.64. The van der Waals surface area contributed by atoms with Gasteiger partial charge in [0, 0.05) is 31.3 Å². The van der Waals surface area contributed by atoms with Crippen molar-refractivity contribution in [3.8, 4) is 0 Å². The van der Waals surface area contributed by atoms with Crippen molar-refractivity contribution < 1.29 is 9.72 Å². The van der Waals surface area contributed by atoms with Crippen LogP contribution in [-0.2, 0) is 11.3 Å². The lowest BCUT2D eigenvalue weighted by atomic mass is 10.1. The van der Waals surface area contributed by atoms with Gasteiger partial charge in [0.1, 0.15) is 0 Å². The van der Waals surface area contributed by atoms with Crippen molar-refractivity contribution in [3.63, 3.8) is 0 Å². The standard InChI is InChI=1S/C14H21N3O3/c1-10(2)16(4)14(18)9-15-8-12-6-5-7-13(11(12)3)17(19)20/h5-7,10,15H,8-9H2,1-4H3. The van der Waals surface area contributed by atoms with Crippen molar-refractivity contribution in [1.29, 1.82) is 0 Å². The number of benzene rings is 1. The molecule has 0 fully saturated rings. The summed E-state index contributed by atoms with van der Waals surface area (Å²) >= 11 is 0. The van der Waals surface area contributed by atoms with Crippen LogP contribution in [0.25, 0.3) is 0 Å².